The van der Waals surface area contributed by atoms with Gasteiger partial charge in [0.1, 0.15) is 0 Å². The molecule has 0 radical (unpaired) electrons. The van der Waals surface area contributed by atoms with Crippen molar-refractivity contribution in [2.45, 2.75) is 6.54 Å². The van der Waals surface area contributed by atoms with Crippen LogP contribution in [0.3, 0.4) is 0 Å². The van der Waals surface area contributed by atoms with Crippen LogP contribution < -0.4 is 4.90 Å². The van der Waals surface area contributed by atoms with E-state index in [2.05, 4.69) is 40.1 Å². The molecule has 1 aromatic carbocycles. The lowest BCUT2D eigenvalue weighted by atomic mass is 10.2. The van der Waals surface area contributed by atoms with Crippen LogP contribution in [0.15, 0.2) is 61.1 Å². The molecule has 4 heteroatoms. The van der Waals surface area contributed by atoms with E-state index in [1.54, 1.807) is 17.5 Å². The van der Waals surface area contributed by atoms with E-state index in [-0.39, 0.29) is 0 Å². The van der Waals surface area contributed by atoms with Gasteiger partial charge in [-0.2, -0.15) is 0 Å². The molecule has 0 amide bonds. The van der Waals surface area contributed by atoms with Gasteiger partial charge in [0.15, 0.2) is 5.13 Å². The van der Waals surface area contributed by atoms with Crippen molar-refractivity contribution in [3.8, 4) is 10.4 Å². The monoisotopic (exact) mass is 281 g/mol. The molecule has 0 aliphatic carbocycles. The Kier molecular flexibility index (Phi) is 3.74. The van der Waals surface area contributed by atoms with Crippen molar-refractivity contribution in [2.24, 2.45) is 0 Å². The summed E-state index contributed by atoms with van der Waals surface area (Å²) in [6.07, 6.45) is 5.62. The predicted octanol–water partition coefficient (Wildman–Crippen LogP) is 3.84. The molecule has 2 heterocycles. The van der Waals surface area contributed by atoms with E-state index in [0.29, 0.717) is 0 Å². The van der Waals surface area contributed by atoms with Gasteiger partial charge < -0.3 is 4.90 Å². The summed E-state index contributed by atoms with van der Waals surface area (Å²) in [5, 5.41) is 1.02. The molecule has 0 spiro atoms. The quantitative estimate of drug-likeness (QED) is 0.727. The highest BCUT2D eigenvalue weighted by Gasteiger charge is 2.08. The van der Waals surface area contributed by atoms with E-state index in [9.17, 15) is 0 Å². The van der Waals surface area contributed by atoms with Gasteiger partial charge in [-0.05, 0) is 17.2 Å². The van der Waals surface area contributed by atoms with Crippen LogP contribution in [-0.2, 0) is 6.54 Å². The average molecular weight is 281 g/mol. The molecule has 0 fully saturated rings. The minimum atomic E-state index is 0.815. The van der Waals surface area contributed by atoms with Crippen LogP contribution in [-0.4, -0.2) is 17.0 Å². The van der Waals surface area contributed by atoms with Crippen molar-refractivity contribution >= 4 is 16.5 Å². The Balaban J connectivity index is 1.77. The molecule has 0 unspecified atom stereocenters. The Morgan fingerprint density at radius 2 is 1.90 bits per heavy atom. The van der Waals surface area contributed by atoms with Crippen molar-refractivity contribution < 1.29 is 0 Å². The summed E-state index contributed by atoms with van der Waals surface area (Å²) in [6, 6.07) is 14.4. The smallest absolute Gasteiger partial charge is 0.185 e. The molecule has 0 saturated heterocycles. The first-order valence-corrected chi connectivity index (χ1v) is 7.26. The number of anilines is 1. The van der Waals surface area contributed by atoms with E-state index in [1.165, 1.54) is 16.0 Å². The molecule has 2 aromatic heterocycles. The van der Waals surface area contributed by atoms with E-state index < -0.39 is 0 Å². The zero-order valence-corrected chi connectivity index (χ0v) is 12.0. The lowest BCUT2D eigenvalue weighted by molar-refractivity contribution is 0.907. The molecule has 0 atom stereocenters. The second-order valence-electron chi connectivity index (χ2n) is 4.59. The first-order chi connectivity index (χ1) is 9.83. The highest BCUT2D eigenvalue weighted by molar-refractivity contribution is 7.18. The highest BCUT2D eigenvalue weighted by Crippen LogP contribution is 2.30. The van der Waals surface area contributed by atoms with Crippen LogP contribution in [0, 0.1) is 0 Å². The molecule has 3 aromatic rings. The van der Waals surface area contributed by atoms with Crippen LogP contribution in [0.1, 0.15) is 5.56 Å². The summed E-state index contributed by atoms with van der Waals surface area (Å²) in [6.45, 7) is 0.815. The van der Waals surface area contributed by atoms with Crippen LogP contribution >= 0.6 is 11.3 Å². The van der Waals surface area contributed by atoms with E-state index >= 15 is 0 Å². The number of rotatable bonds is 4. The van der Waals surface area contributed by atoms with Gasteiger partial charge in [-0.15, -0.1) is 0 Å². The molecule has 100 valence electrons. The molecular formula is C16H15N3S. The Morgan fingerprint density at radius 1 is 1.05 bits per heavy atom. The SMILES string of the molecule is CN(Cc1cccnc1)c1ncc(-c2ccccc2)s1. The summed E-state index contributed by atoms with van der Waals surface area (Å²) < 4.78 is 0. The maximum absolute atomic E-state index is 4.51. The zero-order valence-electron chi connectivity index (χ0n) is 11.2. The second kappa shape index (κ2) is 5.84. The molecule has 0 N–H and O–H groups in total. The van der Waals surface area contributed by atoms with Gasteiger partial charge >= 0.3 is 0 Å². The van der Waals surface area contributed by atoms with Crippen LogP contribution in [0.25, 0.3) is 10.4 Å². The lowest BCUT2D eigenvalue weighted by Gasteiger charge is -2.15. The fraction of sp³-hybridized carbons (Fsp3) is 0.125. The van der Waals surface area contributed by atoms with Crippen molar-refractivity contribution in [1.82, 2.24) is 9.97 Å². The first-order valence-electron chi connectivity index (χ1n) is 6.44. The van der Waals surface area contributed by atoms with Gasteiger partial charge in [-0.1, -0.05) is 47.7 Å². The Labute approximate surface area is 122 Å². The topological polar surface area (TPSA) is 29.0 Å². The molecule has 0 bridgehead atoms. The summed E-state index contributed by atoms with van der Waals surface area (Å²) in [4.78, 5) is 12.0. The van der Waals surface area contributed by atoms with Crippen molar-refractivity contribution in [1.29, 1.82) is 0 Å². The molecular weight excluding hydrogens is 266 g/mol. The fourth-order valence-corrected chi connectivity index (χ4v) is 2.89. The summed E-state index contributed by atoms with van der Waals surface area (Å²) >= 11 is 1.71. The van der Waals surface area contributed by atoms with Gasteiger partial charge in [0.05, 0.1) is 4.88 Å². The first kappa shape index (κ1) is 12.8. The number of pyridine rings is 1. The summed E-state index contributed by atoms with van der Waals surface area (Å²) in [7, 11) is 2.06. The Morgan fingerprint density at radius 3 is 2.65 bits per heavy atom. The third-order valence-electron chi connectivity index (χ3n) is 3.02. The van der Waals surface area contributed by atoms with Gasteiger partial charge in [0.2, 0.25) is 0 Å². The highest BCUT2D eigenvalue weighted by atomic mass is 32.1. The van der Waals surface area contributed by atoms with Crippen LogP contribution in [0.5, 0.6) is 0 Å². The predicted molar refractivity (Wildman–Crippen MR) is 83.9 cm³/mol. The second-order valence-corrected chi connectivity index (χ2v) is 5.60. The van der Waals surface area contributed by atoms with Gasteiger partial charge in [-0.25, -0.2) is 4.98 Å². The van der Waals surface area contributed by atoms with Crippen molar-refractivity contribution in [2.75, 3.05) is 11.9 Å². The van der Waals surface area contributed by atoms with E-state index in [4.69, 9.17) is 0 Å². The molecule has 3 nitrogen and oxygen atoms in total. The van der Waals surface area contributed by atoms with E-state index in [0.717, 1.165) is 11.7 Å². The van der Waals surface area contributed by atoms with Crippen LogP contribution in [0.4, 0.5) is 5.13 Å². The Hall–Kier alpha value is -2.20. The van der Waals surface area contributed by atoms with Crippen LogP contribution in [0.2, 0.25) is 0 Å². The summed E-state index contributed by atoms with van der Waals surface area (Å²) in [5.74, 6) is 0. The van der Waals surface area contributed by atoms with Crippen molar-refractivity contribution in [3.05, 3.63) is 66.6 Å². The average Bonchev–Trinajstić information content (AvgIpc) is 2.99. The number of aromatic nitrogens is 2. The number of thiazole rings is 1. The maximum Gasteiger partial charge on any atom is 0.185 e. The largest absolute Gasteiger partial charge is 0.347 e. The molecule has 0 aliphatic heterocycles. The lowest BCUT2D eigenvalue weighted by Crippen LogP contribution is -2.15. The third-order valence-corrected chi connectivity index (χ3v) is 4.18. The zero-order chi connectivity index (χ0) is 13.8. The number of nitrogens with zero attached hydrogens (tertiary/aromatic N) is 3. The van der Waals surface area contributed by atoms with Gasteiger partial charge in [0, 0.05) is 32.2 Å². The van der Waals surface area contributed by atoms with E-state index in [1.807, 2.05) is 36.7 Å². The third kappa shape index (κ3) is 2.86. The van der Waals surface area contributed by atoms with Gasteiger partial charge in [0.25, 0.3) is 0 Å². The molecule has 20 heavy (non-hydrogen) atoms. The normalized spacial score (nSPS) is 10.4. The minimum Gasteiger partial charge on any atom is -0.347 e. The molecule has 3 rings (SSSR count). The Bertz CT molecular complexity index is 664. The standard InChI is InChI=1S/C16H15N3S/c1-19(12-13-6-5-9-17-10-13)16-18-11-15(20-16)14-7-3-2-4-8-14/h2-11H,12H2,1H3. The maximum atomic E-state index is 4.51. The van der Waals surface area contributed by atoms with Gasteiger partial charge in [-0.3, -0.25) is 4.98 Å². The molecule has 0 aliphatic rings. The number of benzene rings is 1. The summed E-state index contributed by atoms with van der Waals surface area (Å²) in [5.41, 5.74) is 2.40. The van der Waals surface area contributed by atoms with Crippen molar-refractivity contribution in [3.63, 3.8) is 0 Å². The fourth-order valence-electron chi connectivity index (χ4n) is 2.01. The molecule has 0 saturated carbocycles. The minimum absolute atomic E-state index is 0.815. The number of hydrogen-bond acceptors (Lipinski definition) is 4. The number of hydrogen-bond donors (Lipinski definition) is 0.